The zero-order valence-electron chi connectivity index (χ0n) is 11.5. The van der Waals surface area contributed by atoms with E-state index in [9.17, 15) is 4.79 Å². The average Bonchev–Trinajstić information content (AvgIpc) is 2.31. The Bertz CT molecular complexity index is 382. The first-order chi connectivity index (χ1) is 8.43. The van der Waals surface area contributed by atoms with Gasteiger partial charge in [0.2, 0.25) is 5.91 Å². The van der Waals surface area contributed by atoms with E-state index >= 15 is 0 Å². The third-order valence-corrected chi connectivity index (χ3v) is 2.86. The van der Waals surface area contributed by atoms with E-state index in [1.54, 1.807) is 0 Å². The Kier molecular flexibility index (Phi) is 5.35. The summed E-state index contributed by atoms with van der Waals surface area (Å²) in [5, 5.41) is 11.9. The first kappa shape index (κ1) is 14.7. The molecule has 1 aromatic carbocycles. The molecule has 0 spiro atoms. The predicted octanol–water partition coefficient (Wildman–Crippen LogP) is 2.20. The summed E-state index contributed by atoms with van der Waals surface area (Å²) >= 11 is 0. The SMILES string of the molecule is Cc1ccc(CCCC(=O)NC(C)(C)CO)cc1. The van der Waals surface area contributed by atoms with Crippen LogP contribution in [0.25, 0.3) is 0 Å². The van der Waals surface area contributed by atoms with E-state index in [1.165, 1.54) is 11.1 Å². The lowest BCUT2D eigenvalue weighted by Gasteiger charge is -2.23. The monoisotopic (exact) mass is 249 g/mol. The molecule has 0 radical (unpaired) electrons. The molecule has 0 heterocycles. The molecular formula is C15H23NO2. The molecule has 0 saturated carbocycles. The minimum atomic E-state index is -0.527. The van der Waals surface area contributed by atoms with Crippen molar-refractivity contribution < 1.29 is 9.90 Å². The van der Waals surface area contributed by atoms with Crippen molar-refractivity contribution in [1.29, 1.82) is 0 Å². The van der Waals surface area contributed by atoms with E-state index in [-0.39, 0.29) is 12.5 Å². The van der Waals surface area contributed by atoms with Gasteiger partial charge in [0, 0.05) is 6.42 Å². The highest BCUT2D eigenvalue weighted by molar-refractivity contribution is 5.76. The van der Waals surface area contributed by atoms with Crippen LogP contribution in [-0.4, -0.2) is 23.2 Å². The molecule has 0 aliphatic heterocycles. The van der Waals surface area contributed by atoms with Crippen LogP contribution in [0.3, 0.4) is 0 Å². The molecule has 1 amide bonds. The van der Waals surface area contributed by atoms with Gasteiger partial charge in [-0.25, -0.2) is 0 Å². The topological polar surface area (TPSA) is 49.3 Å². The highest BCUT2D eigenvalue weighted by Crippen LogP contribution is 2.08. The van der Waals surface area contributed by atoms with Crippen LogP contribution in [-0.2, 0) is 11.2 Å². The lowest BCUT2D eigenvalue weighted by atomic mass is 10.0. The van der Waals surface area contributed by atoms with Crippen LogP contribution >= 0.6 is 0 Å². The number of rotatable bonds is 6. The maximum Gasteiger partial charge on any atom is 0.220 e. The van der Waals surface area contributed by atoms with E-state index in [0.29, 0.717) is 6.42 Å². The van der Waals surface area contributed by atoms with Crippen LogP contribution in [0.1, 0.15) is 37.8 Å². The molecule has 0 aliphatic carbocycles. The Balaban J connectivity index is 2.29. The fourth-order valence-corrected chi connectivity index (χ4v) is 1.69. The van der Waals surface area contributed by atoms with Crippen LogP contribution < -0.4 is 5.32 Å². The Hall–Kier alpha value is -1.35. The van der Waals surface area contributed by atoms with Crippen molar-refractivity contribution in [3.05, 3.63) is 35.4 Å². The van der Waals surface area contributed by atoms with Crippen LogP contribution in [0.4, 0.5) is 0 Å². The molecule has 0 aliphatic rings. The molecule has 1 aromatic rings. The fourth-order valence-electron chi connectivity index (χ4n) is 1.69. The molecule has 0 aromatic heterocycles. The van der Waals surface area contributed by atoms with Gasteiger partial charge in [-0.15, -0.1) is 0 Å². The molecule has 3 nitrogen and oxygen atoms in total. The predicted molar refractivity (Wildman–Crippen MR) is 73.4 cm³/mol. The van der Waals surface area contributed by atoms with Gasteiger partial charge < -0.3 is 10.4 Å². The third kappa shape index (κ3) is 5.32. The number of nitrogens with one attached hydrogen (secondary N) is 1. The molecule has 100 valence electrons. The summed E-state index contributed by atoms with van der Waals surface area (Å²) in [6, 6.07) is 8.38. The van der Waals surface area contributed by atoms with Crippen LogP contribution in [0.15, 0.2) is 24.3 Å². The van der Waals surface area contributed by atoms with Gasteiger partial charge in [-0.1, -0.05) is 29.8 Å². The first-order valence-electron chi connectivity index (χ1n) is 6.40. The second-order valence-corrected chi connectivity index (χ2v) is 5.43. The number of carbonyl (C=O) groups excluding carboxylic acids is 1. The lowest BCUT2D eigenvalue weighted by Crippen LogP contribution is -2.46. The first-order valence-corrected chi connectivity index (χ1v) is 6.40. The Labute approximate surface area is 109 Å². The van der Waals surface area contributed by atoms with E-state index < -0.39 is 5.54 Å². The minimum Gasteiger partial charge on any atom is -0.394 e. The van der Waals surface area contributed by atoms with Gasteiger partial charge in [0.1, 0.15) is 0 Å². The number of aliphatic hydroxyl groups excluding tert-OH is 1. The number of carbonyl (C=O) groups is 1. The highest BCUT2D eigenvalue weighted by atomic mass is 16.3. The van der Waals surface area contributed by atoms with Crippen LogP contribution in [0, 0.1) is 6.92 Å². The second-order valence-electron chi connectivity index (χ2n) is 5.43. The smallest absolute Gasteiger partial charge is 0.220 e. The molecular weight excluding hydrogens is 226 g/mol. The number of aryl methyl sites for hydroxylation is 2. The fraction of sp³-hybridized carbons (Fsp3) is 0.533. The Morgan fingerprint density at radius 1 is 1.28 bits per heavy atom. The number of hydrogen-bond donors (Lipinski definition) is 2. The van der Waals surface area contributed by atoms with Gasteiger partial charge in [-0.05, 0) is 39.2 Å². The number of aliphatic hydroxyl groups is 1. The summed E-state index contributed by atoms with van der Waals surface area (Å²) in [7, 11) is 0. The van der Waals surface area contributed by atoms with E-state index in [4.69, 9.17) is 5.11 Å². The summed E-state index contributed by atoms with van der Waals surface area (Å²) in [6.07, 6.45) is 2.24. The lowest BCUT2D eigenvalue weighted by molar-refractivity contribution is -0.123. The van der Waals surface area contributed by atoms with Crippen molar-refractivity contribution in [2.45, 2.75) is 45.6 Å². The number of amides is 1. The van der Waals surface area contributed by atoms with Crippen molar-refractivity contribution >= 4 is 5.91 Å². The highest BCUT2D eigenvalue weighted by Gasteiger charge is 2.18. The molecule has 3 heteroatoms. The van der Waals surface area contributed by atoms with Gasteiger partial charge in [0.25, 0.3) is 0 Å². The summed E-state index contributed by atoms with van der Waals surface area (Å²) in [5.74, 6) is 0.00108. The molecule has 0 unspecified atom stereocenters. The van der Waals surface area contributed by atoms with Crippen LogP contribution in [0.5, 0.6) is 0 Å². The second kappa shape index (κ2) is 6.55. The quantitative estimate of drug-likeness (QED) is 0.812. The van der Waals surface area contributed by atoms with Gasteiger partial charge in [-0.3, -0.25) is 4.79 Å². The minimum absolute atomic E-state index is 0.00108. The molecule has 1 rings (SSSR count). The van der Waals surface area contributed by atoms with Gasteiger partial charge in [-0.2, -0.15) is 0 Å². The number of hydrogen-bond acceptors (Lipinski definition) is 2. The maximum absolute atomic E-state index is 11.6. The normalized spacial score (nSPS) is 11.3. The summed E-state index contributed by atoms with van der Waals surface area (Å²) in [5.41, 5.74) is 1.98. The van der Waals surface area contributed by atoms with Crippen molar-refractivity contribution in [2.24, 2.45) is 0 Å². The van der Waals surface area contributed by atoms with E-state index in [2.05, 4.69) is 36.5 Å². The molecule has 0 atom stereocenters. The molecule has 2 N–H and O–H groups in total. The van der Waals surface area contributed by atoms with Gasteiger partial charge in [0.05, 0.1) is 12.1 Å². The molecule has 0 bridgehead atoms. The van der Waals surface area contributed by atoms with Crippen LogP contribution in [0.2, 0.25) is 0 Å². The van der Waals surface area contributed by atoms with Crippen molar-refractivity contribution in [3.8, 4) is 0 Å². The third-order valence-electron chi connectivity index (χ3n) is 2.86. The summed E-state index contributed by atoms with van der Waals surface area (Å²) < 4.78 is 0. The molecule has 18 heavy (non-hydrogen) atoms. The van der Waals surface area contributed by atoms with Crippen molar-refractivity contribution in [1.82, 2.24) is 5.32 Å². The average molecular weight is 249 g/mol. The zero-order chi connectivity index (χ0) is 13.6. The maximum atomic E-state index is 11.6. The molecule has 0 saturated heterocycles. The van der Waals surface area contributed by atoms with Crippen molar-refractivity contribution in [3.63, 3.8) is 0 Å². The van der Waals surface area contributed by atoms with E-state index in [0.717, 1.165) is 12.8 Å². The Morgan fingerprint density at radius 2 is 1.89 bits per heavy atom. The standard InChI is InChI=1S/C15H23NO2/c1-12-7-9-13(10-8-12)5-4-6-14(18)16-15(2,3)11-17/h7-10,17H,4-6,11H2,1-3H3,(H,16,18). The van der Waals surface area contributed by atoms with Gasteiger partial charge in [0.15, 0.2) is 0 Å². The van der Waals surface area contributed by atoms with Gasteiger partial charge >= 0.3 is 0 Å². The largest absolute Gasteiger partial charge is 0.394 e. The van der Waals surface area contributed by atoms with Crippen molar-refractivity contribution in [2.75, 3.05) is 6.61 Å². The van der Waals surface area contributed by atoms with E-state index in [1.807, 2.05) is 13.8 Å². The number of benzene rings is 1. The zero-order valence-corrected chi connectivity index (χ0v) is 11.5. The Morgan fingerprint density at radius 3 is 2.44 bits per heavy atom. The molecule has 0 fully saturated rings. The summed E-state index contributed by atoms with van der Waals surface area (Å²) in [4.78, 5) is 11.6. The summed E-state index contributed by atoms with van der Waals surface area (Å²) in [6.45, 7) is 5.64.